The van der Waals surface area contributed by atoms with E-state index in [1.807, 2.05) is 36.4 Å². The minimum atomic E-state index is -0.862. The van der Waals surface area contributed by atoms with Crippen LogP contribution in [0.3, 0.4) is 0 Å². The molecule has 4 rings (SSSR count). The van der Waals surface area contributed by atoms with Gasteiger partial charge < -0.3 is 9.47 Å². The molecule has 134 valence electrons. The van der Waals surface area contributed by atoms with Gasteiger partial charge in [-0.05, 0) is 24.3 Å². The lowest BCUT2D eigenvalue weighted by molar-refractivity contribution is -0.129. The topological polar surface area (TPSA) is 77.1 Å². The van der Waals surface area contributed by atoms with Gasteiger partial charge in [0.05, 0.1) is 25.9 Å². The first-order valence-corrected chi connectivity index (χ1v) is 8.21. The third kappa shape index (κ3) is 2.48. The summed E-state index contributed by atoms with van der Waals surface area (Å²) in [4.78, 5) is 30.5. The van der Waals surface area contributed by atoms with Crippen LogP contribution in [0, 0.1) is 5.92 Å². The molecule has 26 heavy (non-hydrogen) atoms. The Bertz CT molecular complexity index is 854. The van der Waals surface area contributed by atoms with Crippen molar-refractivity contribution in [2.75, 3.05) is 19.3 Å². The molecule has 0 aromatic heterocycles. The smallest absolute Gasteiger partial charge is 0.259 e. The van der Waals surface area contributed by atoms with Crippen molar-refractivity contribution in [1.29, 1.82) is 0 Å². The predicted octanol–water partition coefficient (Wildman–Crippen LogP) is 1.84. The van der Waals surface area contributed by atoms with Gasteiger partial charge >= 0.3 is 0 Å². The average molecular weight is 354 g/mol. The minimum absolute atomic E-state index is 0.346. The van der Waals surface area contributed by atoms with Gasteiger partial charge in [-0.25, -0.2) is 5.06 Å². The molecule has 1 N–H and O–H groups in total. The fourth-order valence-corrected chi connectivity index (χ4v) is 3.51. The molecule has 0 spiro atoms. The first kappa shape index (κ1) is 16.4. The van der Waals surface area contributed by atoms with Gasteiger partial charge in [0.1, 0.15) is 17.4 Å². The maximum absolute atomic E-state index is 12.4. The van der Waals surface area contributed by atoms with E-state index >= 15 is 0 Å². The summed E-state index contributed by atoms with van der Waals surface area (Å²) in [6, 6.07) is 14.2. The van der Waals surface area contributed by atoms with Crippen molar-refractivity contribution in [1.82, 2.24) is 5.32 Å². The molecule has 2 aromatic rings. The molecule has 0 unspecified atom stereocenters. The molecule has 3 atom stereocenters. The maximum Gasteiger partial charge on any atom is 0.259 e. The van der Waals surface area contributed by atoms with E-state index in [1.165, 1.54) is 0 Å². The number of carbonyl (C=O) groups excluding carboxylic acids is 2. The van der Waals surface area contributed by atoms with Gasteiger partial charge in [0.15, 0.2) is 6.10 Å². The molecule has 2 heterocycles. The second kappa shape index (κ2) is 6.34. The minimum Gasteiger partial charge on any atom is -0.497 e. The molecular weight excluding hydrogens is 336 g/mol. The molecule has 0 aliphatic carbocycles. The summed E-state index contributed by atoms with van der Waals surface area (Å²) in [5.74, 6) is -0.229. The van der Waals surface area contributed by atoms with Gasteiger partial charge in [0.2, 0.25) is 5.91 Å². The van der Waals surface area contributed by atoms with E-state index in [0.29, 0.717) is 11.5 Å². The van der Waals surface area contributed by atoms with E-state index in [1.54, 1.807) is 31.4 Å². The van der Waals surface area contributed by atoms with Crippen molar-refractivity contribution in [3.8, 4) is 11.5 Å². The number of hydrogen-bond donors (Lipinski definition) is 1. The number of carbonyl (C=O) groups is 2. The number of nitrogens with zero attached hydrogens (tertiary/aromatic N) is 1. The van der Waals surface area contributed by atoms with Crippen LogP contribution in [0.2, 0.25) is 0 Å². The Balaban J connectivity index is 1.84. The lowest BCUT2D eigenvalue weighted by Crippen LogP contribution is -2.33. The van der Waals surface area contributed by atoms with Crippen molar-refractivity contribution < 1.29 is 23.9 Å². The summed E-state index contributed by atoms with van der Waals surface area (Å²) in [7, 11) is 3.13. The van der Waals surface area contributed by atoms with Gasteiger partial charge in [-0.15, -0.1) is 0 Å². The number of para-hydroxylation sites is 1. The number of hydrogen-bond acceptors (Lipinski definition) is 6. The van der Waals surface area contributed by atoms with Crippen molar-refractivity contribution in [3.05, 3.63) is 54.1 Å². The molecule has 0 radical (unpaired) electrons. The maximum atomic E-state index is 12.4. The Hall–Kier alpha value is -3.06. The summed E-state index contributed by atoms with van der Waals surface area (Å²) in [5.41, 5.74) is 1.50. The summed E-state index contributed by atoms with van der Waals surface area (Å²) in [6.07, 6.45) is -0.862. The van der Waals surface area contributed by atoms with Crippen LogP contribution in [0.25, 0.3) is 0 Å². The van der Waals surface area contributed by atoms with E-state index < -0.39 is 24.0 Å². The summed E-state index contributed by atoms with van der Waals surface area (Å²) in [6.45, 7) is 0. The van der Waals surface area contributed by atoms with Gasteiger partial charge in [-0.2, -0.15) is 0 Å². The molecule has 2 fully saturated rings. The molecule has 7 nitrogen and oxygen atoms in total. The highest BCUT2D eigenvalue weighted by Gasteiger charge is 2.57. The number of benzene rings is 2. The quantitative estimate of drug-likeness (QED) is 0.845. The molecule has 0 bridgehead atoms. The summed E-state index contributed by atoms with van der Waals surface area (Å²) < 4.78 is 10.8. The molecule has 2 saturated heterocycles. The molecule has 2 aliphatic rings. The summed E-state index contributed by atoms with van der Waals surface area (Å²) >= 11 is 0. The van der Waals surface area contributed by atoms with Crippen LogP contribution in [0.15, 0.2) is 48.5 Å². The van der Waals surface area contributed by atoms with Crippen LogP contribution < -0.4 is 19.9 Å². The van der Waals surface area contributed by atoms with Crippen molar-refractivity contribution in [3.63, 3.8) is 0 Å². The van der Waals surface area contributed by atoms with E-state index in [4.69, 9.17) is 14.3 Å². The Morgan fingerprint density at radius 3 is 2.46 bits per heavy atom. The number of anilines is 1. The third-order valence-electron chi connectivity index (χ3n) is 4.72. The van der Waals surface area contributed by atoms with Crippen LogP contribution in [0.1, 0.15) is 11.6 Å². The lowest BCUT2D eigenvalue weighted by Gasteiger charge is -2.28. The third-order valence-corrected chi connectivity index (χ3v) is 4.72. The predicted molar refractivity (Wildman–Crippen MR) is 92.7 cm³/mol. The van der Waals surface area contributed by atoms with Gasteiger partial charge in [0, 0.05) is 11.6 Å². The second-order valence-electron chi connectivity index (χ2n) is 6.12. The van der Waals surface area contributed by atoms with E-state index in [-0.39, 0.29) is 5.91 Å². The van der Waals surface area contributed by atoms with Crippen LogP contribution in [0.5, 0.6) is 11.5 Å². The van der Waals surface area contributed by atoms with E-state index in [0.717, 1.165) is 11.3 Å². The van der Waals surface area contributed by atoms with Crippen LogP contribution in [0.4, 0.5) is 5.69 Å². The standard InChI is InChI=1S/C19H18N2O5/c1-24-12-8-9-13(14(10-12)25-2)16-15-17(19(23)20-18(15)22)26-21(16)11-6-4-3-5-7-11/h3-10,15-17H,1-2H3,(H,20,22,23)/t15-,16+,17+/m1/s1. The van der Waals surface area contributed by atoms with Crippen LogP contribution in [-0.2, 0) is 14.4 Å². The fraction of sp³-hybridized carbons (Fsp3) is 0.263. The molecular formula is C19H18N2O5. The van der Waals surface area contributed by atoms with Gasteiger partial charge in [-0.3, -0.25) is 19.7 Å². The van der Waals surface area contributed by atoms with Gasteiger partial charge in [0.25, 0.3) is 5.91 Å². The Kier molecular flexibility index (Phi) is 4.00. The lowest BCUT2D eigenvalue weighted by atomic mass is 9.90. The highest BCUT2D eigenvalue weighted by Crippen LogP contribution is 2.47. The van der Waals surface area contributed by atoms with E-state index in [2.05, 4.69) is 5.32 Å². The molecule has 2 amide bonds. The number of methoxy groups -OCH3 is 2. The zero-order chi connectivity index (χ0) is 18.3. The monoisotopic (exact) mass is 354 g/mol. The SMILES string of the molecule is COc1ccc([C@H]2[C@H]3C(=O)NC(=O)[C@H]3ON2c2ccccc2)c(OC)c1. The van der Waals surface area contributed by atoms with Crippen LogP contribution >= 0.6 is 0 Å². The molecule has 0 saturated carbocycles. The highest BCUT2D eigenvalue weighted by molar-refractivity contribution is 6.07. The zero-order valence-electron chi connectivity index (χ0n) is 14.3. The van der Waals surface area contributed by atoms with Gasteiger partial charge in [-0.1, -0.05) is 18.2 Å². The Morgan fingerprint density at radius 1 is 1.00 bits per heavy atom. The second-order valence-corrected chi connectivity index (χ2v) is 6.12. The first-order valence-electron chi connectivity index (χ1n) is 8.21. The zero-order valence-corrected chi connectivity index (χ0v) is 14.3. The van der Waals surface area contributed by atoms with E-state index in [9.17, 15) is 9.59 Å². The number of rotatable bonds is 4. The highest BCUT2D eigenvalue weighted by atomic mass is 16.7. The van der Waals surface area contributed by atoms with Crippen molar-refractivity contribution in [2.45, 2.75) is 12.1 Å². The number of hydroxylamine groups is 1. The normalized spacial score (nSPS) is 24.4. The number of fused-ring (bicyclic) bond motifs is 1. The molecule has 7 heteroatoms. The number of amides is 2. The number of ether oxygens (including phenoxy) is 2. The number of nitrogens with one attached hydrogen (secondary N) is 1. The Labute approximate surface area is 150 Å². The number of imide groups is 1. The molecule has 2 aromatic carbocycles. The van der Waals surface area contributed by atoms with Crippen LogP contribution in [-0.4, -0.2) is 32.1 Å². The average Bonchev–Trinajstić information content (AvgIpc) is 3.20. The summed E-state index contributed by atoms with van der Waals surface area (Å²) in [5, 5.41) is 3.98. The molecule has 2 aliphatic heterocycles. The van der Waals surface area contributed by atoms with Crippen molar-refractivity contribution >= 4 is 17.5 Å². The Morgan fingerprint density at radius 2 is 1.77 bits per heavy atom. The van der Waals surface area contributed by atoms with Crippen molar-refractivity contribution in [2.24, 2.45) is 5.92 Å². The fourth-order valence-electron chi connectivity index (χ4n) is 3.51. The first-order chi connectivity index (χ1) is 12.6. The largest absolute Gasteiger partial charge is 0.497 e.